The van der Waals surface area contributed by atoms with E-state index in [1.165, 1.54) is 32.1 Å². The monoisotopic (exact) mass is 440 g/mol. The number of rotatable bonds is 17. The molecule has 0 aliphatic carbocycles. The van der Waals surface area contributed by atoms with Crippen molar-refractivity contribution in [1.82, 2.24) is 0 Å². The van der Waals surface area contributed by atoms with Crippen molar-refractivity contribution in [2.45, 2.75) is 70.8 Å². The van der Waals surface area contributed by atoms with Gasteiger partial charge in [-0.1, -0.05) is 32.1 Å². The lowest BCUT2D eigenvalue weighted by Gasteiger charge is -2.07. The van der Waals surface area contributed by atoms with Crippen LogP contribution in [0.25, 0.3) is 0 Å². The van der Waals surface area contributed by atoms with Gasteiger partial charge < -0.3 is 9.84 Å². The molecule has 6 nitrogen and oxygen atoms in total. The fourth-order valence-corrected chi connectivity index (χ4v) is 3.63. The summed E-state index contributed by atoms with van der Waals surface area (Å²) in [6.07, 6.45) is 15.5. The van der Waals surface area contributed by atoms with Crippen molar-refractivity contribution in [2.75, 3.05) is 6.61 Å². The van der Waals surface area contributed by atoms with Crippen molar-refractivity contribution >= 4 is 18.5 Å². The smallest absolute Gasteiger partial charge is 0.303 e. The molecule has 1 heterocycles. The molecule has 0 unspecified atom stereocenters. The zero-order chi connectivity index (χ0) is 23.0. The number of carboxylic acids is 1. The quantitative estimate of drug-likeness (QED) is 0.217. The highest BCUT2D eigenvalue weighted by Gasteiger charge is 2.05. The molecule has 0 aliphatic rings. The van der Waals surface area contributed by atoms with Gasteiger partial charge in [0.1, 0.15) is 24.9 Å². The first-order valence-electron chi connectivity index (χ1n) is 11.5. The number of benzene rings is 1. The number of aryl methyl sites for hydroxylation is 2. The summed E-state index contributed by atoms with van der Waals surface area (Å²) in [6, 6.07) is 8.83. The number of hydrogen-bond acceptors (Lipinski definition) is 4. The van der Waals surface area contributed by atoms with Crippen molar-refractivity contribution in [3.63, 3.8) is 0 Å². The van der Waals surface area contributed by atoms with E-state index in [-0.39, 0.29) is 6.42 Å². The van der Waals surface area contributed by atoms with Crippen LogP contribution in [0.15, 0.2) is 42.7 Å². The van der Waals surface area contributed by atoms with Crippen LogP contribution < -0.4 is 9.30 Å². The van der Waals surface area contributed by atoms with Crippen LogP contribution in [0.2, 0.25) is 0 Å². The standard InChI is InChI=1S/C26H33NO5/c28-20-23-16-24(21-29)18-25(17-23)32-15-8-6-4-2-1-3-5-7-13-27-14-9-10-22(19-27)11-12-26(30)31/h9-10,14,16-21H,1-8,11-13,15H2/p+1. The Labute approximate surface area is 190 Å². The molecule has 2 aromatic rings. The van der Waals surface area contributed by atoms with E-state index in [4.69, 9.17) is 9.84 Å². The second kappa shape index (κ2) is 14.9. The van der Waals surface area contributed by atoms with Gasteiger partial charge in [-0.25, -0.2) is 4.57 Å². The van der Waals surface area contributed by atoms with Gasteiger partial charge in [0.05, 0.1) is 6.61 Å². The Kier molecular flexibility index (Phi) is 11.7. The number of unbranched alkanes of at least 4 members (excludes halogenated alkanes) is 7. The van der Waals surface area contributed by atoms with Gasteiger partial charge >= 0.3 is 5.97 Å². The van der Waals surface area contributed by atoms with Gasteiger partial charge in [-0.15, -0.1) is 0 Å². The summed E-state index contributed by atoms with van der Waals surface area (Å²) in [4.78, 5) is 32.5. The molecule has 0 saturated carbocycles. The Morgan fingerprint density at radius 1 is 0.906 bits per heavy atom. The third-order valence-corrected chi connectivity index (χ3v) is 5.35. The van der Waals surface area contributed by atoms with Gasteiger partial charge in [0.15, 0.2) is 12.4 Å². The third kappa shape index (κ3) is 10.3. The number of aldehydes is 2. The van der Waals surface area contributed by atoms with E-state index in [1.807, 2.05) is 18.3 Å². The molecule has 0 radical (unpaired) electrons. The van der Waals surface area contributed by atoms with Gasteiger partial charge in [-0.2, -0.15) is 0 Å². The Morgan fingerprint density at radius 3 is 2.16 bits per heavy atom. The zero-order valence-corrected chi connectivity index (χ0v) is 18.7. The van der Waals surface area contributed by atoms with Gasteiger partial charge in [0.2, 0.25) is 0 Å². The molecule has 1 N–H and O–H groups in total. The summed E-state index contributed by atoms with van der Waals surface area (Å²) < 4.78 is 7.83. The summed E-state index contributed by atoms with van der Waals surface area (Å²) in [5.41, 5.74) is 1.97. The van der Waals surface area contributed by atoms with Gasteiger partial charge in [-0.05, 0) is 43.5 Å². The average molecular weight is 441 g/mol. The van der Waals surface area contributed by atoms with Crippen LogP contribution >= 0.6 is 0 Å². The molecule has 0 saturated heterocycles. The maximum atomic E-state index is 10.9. The minimum atomic E-state index is -0.759. The first-order valence-corrected chi connectivity index (χ1v) is 11.5. The molecule has 1 aromatic carbocycles. The third-order valence-electron chi connectivity index (χ3n) is 5.35. The number of hydrogen-bond donors (Lipinski definition) is 1. The Bertz CT molecular complexity index is 839. The normalized spacial score (nSPS) is 10.6. The molecule has 0 amide bonds. The van der Waals surface area contributed by atoms with Crippen LogP contribution in [0.4, 0.5) is 0 Å². The molecule has 0 aliphatic heterocycles. The van der Waals surface area contributed by atoms with Gasteiger partial charge in [-0.3, -0.25) is 14.4 Å². The van der Waals surface area contributed by atoms with Crippen molar-refractivity contribution in [3.8, 4) is 5.75 Å². The molecule has 0 spiro atoms. The second-order valence-electron chi connectivity index (χ2n) is 8.09. The van der Waals surface area contributed by atoms with E-state index < -0.39 is 5.97 Å². The second-order valence-corrected chi connectivity index (χ2v) is 8.09. The van der Waals surface area contributed by atoms with E-state index in [2.05, 4.69) is 10.8 Å². The van der Waals surface area contributed by atoms with Crippen molar-refractivity contribution in [1.29, 1.82) is 0 Å². The topological polar surface area (TPSA) is 84.6 Å². The molecule has 32 heavy (non-hydrogen) atoms. The summed E-state index contributed by atoms with van der Waals surface area (Å²) in [6.45, 7) is 1.55. The summed E-state index contributed by atoms with van der Waals surface area (Å²) in [5.74, 6) is -0.188. The van der Waals surface area contributed by atoms with E-state index >= 15 is 0 Å². The predicted molar refractivity (Wildman–Crippen MR) is 122 cm³/mol. The van der Waals surface area contributed by atoms with E-state index in [1.54, 1.807) is 18.2 Å². The Balaban J connectivity index is 1.48. The first-order chi connectivity index (χ1) is 15.6. The van der Waals surface area contributed by atoms with Crippen molar-refractivity contribution in [3.05, 3.63) is 59.4 Å². The average Bonchev–Trinajstić information content (AvgIpc) is 2.81. The maximum absolute atomic E-state index is 10.9. The van der Waals surface area contributed by atoms with Crippen LogP contribution in [0.3, 0.4) is 0 Å². The highest BCUT2D eigenvalue weighted by Crippen LogP contribution is 2.16. The fourth-order valence-electron chi connectivity index (χ4n) is 3.63. The number of aliphatic carboxylic acids is 1. The van der Waals surface area contributed by atoms with Crippen LogP contribution in [0.1, 0.15) is 84.1 Å². The van der Waals surface area contributed by atoms with Gasteiger partial charge in [0, 0.05) is 35.6 Å². The molecule has 0 fully saturated rings. The summed E-state index contributed by atoms with van der Waals surface area (Å²) in [7, 11) is 0. The highest BCUT2D eigenvalue weighted by atomic mass is 16.5. The zero-order valence-electron chi connectivity index (χ0n) is 18.7. The van der Waals surface area contributed by atoms with Crippen LogP contribution in [0, 0.1) is 0 Å². The largest absolute Gasteiger partial charge is 0.494 e. The number of ether oxygens (including phenoxy) is 1. The lowest BCUT2D eigenvalue weighted by atomic mass is 10.1. The van der Waals surface area contributed by atoms with Gasteiger partial charge in [0.25, 0.3) is 0 Å². The minimum absolute atomic E-state index is 0.171. The van der Waals surface area contributed by atoms with Crippen LogP contribution in [0.5, 0.6) is 5.75 Å². The number of carbonyl (C=O) groups is 3. The van der Waals surface area contributed by atoms with E-state index in [9.17, 15) is 14.4 Å². The van der Waals surface area contributed by atoms with E-state index in [0.717, 1.165) is 43.9 Å². The number of nitrogens with zero attached hydrogens (tertiary/aromatic N) is 1. The fraction of sp³-hybridized carbons (Fsp3) is 0.462. The number of carboxylic acid groups (broad SMARTS) is 1. The first kappa shape index (κ1) is 25.2. The molecule has 0 atom stereocenters. The number of pyridine rings is 1. The van der Waals surface area contributed by atoms with E-state index in [0.29, 0.717) is 29.9 Å². The van der Waals surface area contributed by atoms with Crippen LogP contribution in [-0.2, 0) is 17.8 Å². The molecular formula is C26H34NO5+. The molecule has 2 rings (SSSR count). The Morgan fingerprint density at radius 2 is 1.53 bits per heavy atom. The Hall–Kier alpha value is -3.02. The highest BCUT2D eigenvalue weighted by molar-refractivity contribution is 5.83. The van der Waals surface area contributed by atoms with Crippen molar-refractivity contribution in [2.24, 2.45) is 0 Å². The minimum Gasteiger partial charge on any atom is -0.494 e. The number of aromatic nitrogens is 1. The molecule has 172 valence electrons. The molecule has 6 heteroatoms. The van der Waals surface area contributed by atoms with Crippen LogP contribution in [-0.4, -0.2) is 30.3 Å². The molecule has 0 bridgehead atoms. The molecular weight excluding hydrogens is 406 g/mol. The predicted octanol–water partition coefficient (Wildman–Crippen LogP) is 4.82. The molecule has 1 aromatic heterocycles. The number of carbonyl (C=O) groups excluding carboxylic acids is 2. The lowest BCUT2D eigenvalue weighted by molar-refractivity contribution is -0.697. The maximum Gasteiger partial charge on any atom is 0.303 e. The van der Waals surface area contributed by atoms with Crippen molar-refractivity contribution < 1.29 is 28.8 Å². The SMILES string of the molecule is O=Cc1cc(C=O)cc(OCCCCCCCCCC[n+]2cccc(CCC(=O)O)c2)c1. The summed E-state index contributed by atoms with van der Waals surface area (Å²) in [5, 5.41) is 8.80. The lowest BCUT2D eigenvalue weighted by Crippen LogP contribution is -2.33. The summed E-state index contributed by atoms with van der Waals surface area (Å²) >= 11 is 0.